The molecule has 0 saturated heterocycles. The summed E-state index contributed by atoms with van der Waals surface area (Å²) in [5, 5.41) is 17.5. The fraction of sp³-hybridized carbons (Fsp3) is 0.583. The van der Waals surface area contributed by atoms with E-state index in [-0.39, 0.29) is 10.7 Å². The monoisotopic (exact) mass is 304 g/mol. The van der Waals surface area contributed by atoms with E-state index in [4.69, 9.17) is 0 Å². The van der Waals surface area contributed by atoms with Gasteiger partial charge >= 0.3 is 6.18 Å². The molecular weight excluding hydrogens is 289 g/mol. The second-order valence-corrected chi connectivity index (χ2v) is 5.09. The topological polar surface area (TPSA) is 70.7 Å². The average molecular weight is 304 g/mol. The summed E-state index contributed by atoms with van der Waals surface area (Å²) in [4.78, 5) is 12.3. The first-order chi connectivity index (χ1) is 9.56. The standard InChI is InChI=1S/C12H15F3N4O2/c1-7-4-5-18(16-7)9(3)10(20)19-11(21,12(13,14)15)6-8(2)17-19/h4-5,9,21H,6H2,1-3H3. The van der Waals surface area contributed by atoms with Crippen molar-refractivity contribution < 1.29 is 23.1 Å². The maximum absolute atomic E-state index is 13.1. The molecule has 1 aromatic rings. The number of carbonyl (C=O) groups is 1. The molecule has 0 fully saturated rings. The van der Waals surface area contributed by atoms with Crippen LogP contribution in [0.2, 0.25) is 0 Å². The van der Waals surface area contributed by atoms with Crippen molar-refractivity contribution in [3.63, 3.8) is 0 Å². The van der Waals surface area contributed by atoms with Crippen molar-refractivity contribution in [1.82, 2.24) is 14.8 Å². The molecule has 0 saturated carbocycles. The van der Waals surface area contributed by atoms with Crippen LogP contribution in [0.3, 0.4) is 0 Å². The van der Waals surface area contributed by atoms with Gasteiger partial charge in [0.1, 0.15) is 6.04 Å². The van der Waals surface area contributed by atoms with Crippen LogP contribution in [0.1, 0.15) is 32.0 Å². The summed E-state index contributed by atoms with van der Waals surface area (Å²) in [6, 6.07) is 0.611. The van der Waals surface area contributed by atoms with Crippen LogP contribution in [0.4, 0.5) is 13.2 Å². The van der Waals surface area contributed by atoms with Gasteiger partial charge in [0.15, 0.2) is 0 Å². The van der Waals surface area contributed by atoms with E-state index < -0.39 is 30.3 Å². The van der Waals surface area contributed by atoms with Crippen molar-refractivity contribution in [2.45, 2.75) is 45.1 Å². The van der Waals surface area contributed by atoms with E-state index in [1.165, 1.54) is 24.7 Å². The minimum Gasteiger partial charge on any atom is -0.362 e. The van der Waals surface area contributed by atoms with E-state index in [0.29, 0.717) is 5.69 Å². The van der Waals surface area contributed by atoms with E-state index in [9.17, 15) is 23.1 Å². The Balaban J connectivity index is 2.32. The van der Waals surface area contributed by atoms with Crippen molar-refractivity contribution in [2.75, 3.05) is 0 Å². The molecule has 21 heavy (non-hydrogen) atoms. The fourth-order valence-corrected chi connectivity index (χ4v) is 2.11. The van der Waals surface area contributed by atoms with Crippen molar-refractivity contribution >= 4 is 11.6 Å². The van der Waals surface area contributed by atoms with Crippen LogP contribution >= 0.6 is 0 Å². The maximum atomic E-state index is 13.1. The summed E-state index contributed by atoms with van der Waals surface area (Å²) < 4.78 is 40.4. The van der Waals surface area contributed by atoms with Gasteiger partial charge in [-0.15, -0.1) is 0 Å². The highest BCUT2D eigenvalue weighted by atomic mass is 19.4. The zero-order chi connectivity index (χ0) is 16.0. The Morgan fingerprint density at radius 2 is 2.10 bits per heavy atom. The van der Waals surface area contributed by atoms with E-state index >= 15 is 0 Å². The number of rotatable bonds is 2. The summed E-state index contributed by atoms with van der Waals surface area (Å²) in [6.07, 6.45) is -4.27. The smallest absolute Gasteiger partial charge is 0.362 e. The predicted molar refractivity (Wildman–Crippen MR) is 67.3 cm³/mol. The summed E-state index contributed by atoms with van der Waals surface area (Å²) in [6.45, 7) is 4.42. The molecule has 0 spiro atoms. The van der Waals surface area contributed by atoms with Gasteiger partial charge in [0.2, 0.25) is 0 Å². The highest BCUT2D eigenvalue weighted by molar-refractivity contribution is 5.90. The lowest BCUT2D eigenvalue weighted by Crippen LogP contribution is -2.57. The van der Waals surface area contributed by atoms with Crippen molar-refractivity contribution in [3.05, 3.63) is 18.0 Å². The molecule has 0 radical (unpaired) electrons. The number of alkyl halides is 3. The number of amides is 1. The molecule has 1 N–H and O–H groups in total. The Bertz CT molecular complexity index is 596. The summed E-state index contributed by atoms with van der Waals surface area (Å²) >= 11 is 0. The molecule has 0 bridgehead atoms. The molecule has 0 aliphatic carbocycles. The van der Waals surface area contributed by atoms with Gasteiger partial charge in [-0.2, -0.15) is 28.4 Å². The molecule has 1 aromatic heterocycles. The second-order valence-electron chi connectivity index (χ2n) is 5.09. The number of aliphatic hydroxyl groups is 1. The van der Waals surface area contributed by atoms with E-state index in [0.717, 1.165) is 0 Å². The molecule has 0 aromatic carbocycles. The average Bonchev–Trinajstić information content (AvgIpc) is 2.91. The Morgan fingerprint density at radius 1 is 1.48 bits per heavy atom. The van der Waals surface area contributed by atoms with Crippen LogP contribution in [0.25, 0.3) is 0 Å². The Kier molecular flexibility index (Phi) is 3.56. The first-order valence-corrected chi connectivity index (χ1v) is 6.25. The van der Waals surface area contributed by atoms with Crippen molar-refractivity contribution in [1.29, 1.82) is 0 Å². The summed E-state index contributed by atoms with van der Waals surface area (Å²) in [5.41, 5.74) is -2.64. The molecule has 2 unspecified atom stereocenters. The Morgan fingerprint density at radius 3 is 2.57 bits per heavy atom. The number of hydrogen-bond donors (Lipinski definition) is 1. The number of nitrogens with zero attached hydrogens (tertiary/aromatic N) is 4. The number of carbonyl (C=O) groups excluding carboxylic acids is 1. The summed E-state index contributed by atoms with van der Waals surface area (Å²) in [5.74, 6) is -0.977. The van der Waals surface area contributed by atoms with Gasteiger partial charge in [-0.1, -0.05) is 0 Å². The highest BCUT2D eigenvalue weighted by Gasteiger charge is 2.63. The molecule has 1 amide bonds. The van der Waals surface area contributed by atoms with Crippen LogP contribution in [0.15, 0.2) is 17.4 Å². The minimum absolute atomic E-state index is 0.0343. The van der Waals surface area contributed by atoms with Gasteiger partial charge in [0, 0.05) is 18.3 Å². The number of halogens is 3. The van der Waals surface area contributed by atoms with Crippen LogP contribution < -0.4 is 0 Å². The van der Waals surface area contributed by atoms with Gasteiger partial charge in [-0.3, -0.25) is 9.48 Å². The number of hydrogen-bond acceptors (Lipinski definition) is 4. The molecule has 1 aliphatic heterocycles. The van der Waals surface area contributed by atoms with Gasteiger partial charge in [-0.25, -0.2) is 0 Å². The predicted octanol–water partition coefficient (Wildman–Crippen LogP) is 1.61. The first-order valence-electron chi connectivity index (χ1n) is 6.25. The summed E-state index contributed by atoms with van der Waals surface area (Å²) in [7, 11) is 0. The van der Waals surface area contributed by atoms with Crippen LogP contribution in [0.5, 0.6) is 0 Å². The molecular formula is C12H15F3N4O2. The van der Waals surface area contributed by atoms with Crippen LogP contribution in [-0.4, -0.2) is 43.4 Å². The number of aryl methyl sites for hydroxylation is 1. The number of aromatic nitrogens is 2. The van der Waals surface area contributed by atoms with E-state index in [2.05, 4.69) is 10.2 Å². The van der Waals surface area contributed by atoms with E-state index in [1.807, 2.05) is 0 Å². The second kappa shape index (κ2) is 4.83. The van der Waals surface area contributed by atoms with Gasteiger partial charge in [0.25, 0.3) is 11.6 Å². The third-order valence-corrected chi connectivity index (χ3v) is 3.28. The van der Waals surface area contributed by atoms with Crippen molar-refractivity contribution in [3.8, 4) is 0 Å². The highest BCUT2D eigenvalue weighted by Crippen LogP contribution is 2.41. The molecule has 2 rings (SSSR count). The lowest BCUT2D eigenvalue weighted by molar-refractivity contribution is -0.303. The van der Waals surface area contributed by atoms with Gasteiger partial charge in [0.05, 0.1) is 5.69 Å². The maximum Gasteiger partial charge on any atom is 0.438 e. The Labute approximate surface area is 118 Å². The van der Waals surface area contributed by atoms with Crippen molar-refractivity contribution in [2.24, 2.45) is 5.10 Å². The molecule has 1 aliphatic rings. The normalized spacial score (nSPS) is 24.1. The lowest BCUT2D eigenvalue weighted by atomic mass is 10.1. The molecule has 116 valence electrons. The first kappa shape index (κ1) is 15.5. The van der Waals surface area contributed by atoms with Crippen LogP contribution in [-0.2, 0) is 4.79 Å². The largest absolute Gasteiger partial charge is 0.438 e. The molecule has 2 heterocycles. The molecule has 6 nitrogen and oxygen atoms in total. The fourth-order valence-electron chi connectivity index (χ4n) is 2.11. The zero-order valence-electron chi connectivity index (χ0n) is 11.7. The number of hydrazone groups is 1. The van der Waals surface area contributed by atoms with Gasteiger partial charge < -0.3 is 5.11 Å². The third-order valence-electron chi connectivity index (χ3n) is 3.28. The Hall–Kier alpha value is -1.90. The molecule has 2 atom stereocenters. The third kappa shape index (κ3) is 2.53. The van der Waals surface area contributed by atoms with Gasteiger partial charge in [-0.05, 0) is 26.8 Å². The quantitative estimate of drug-likeness (QED) is 0.902. The lowest BCUT2D eigenvalue weighted by Gasteiger charge is -2.33. The van der Waals surface area contributed by atoms with E-state index in [1.54, 1.807) is 13.0 Å². The molecule has 9 heteroatoms. The zero-order valence-corrected chi connectivity index (χ0v) is 11.7. The van der Waals surface area contributed by atoms with Crippen LogP contribution in [0, 0.1) is 6.92 Å². The SMILES string of the molecule is CC1=NN(C(=O)C(C)n2ccc(C)n2)C(O)(C(F)(F)F)C1. The minimum atomic E-state index is -5.00.